The highest BCUT2D eigenvalue weighted by Crippen LogP contribution is 2.33. The van der Waals surface area contributed by atoms with Crippen molar-refractivity contribution in [3.63, 3.8) is 0 Å². The predicted molar refractivity (Wildman–Crippen MR) is 61.9 cm³/mol. The summed E-state index contributed by atoms with van der Waals surface area (Å²) in [6.45, 7) is 3.83. The fraction of sp³-hybridized carbons (Fsp3) is 0.500. The third kappa shape index (κ3) is 6.56. The van der Waals surface area contributed by atoms with E-state index in [0.717, 1.165) is 12.1 Å². The molecule has 0 aliphatic rings. The number of nitrogens with one attached hydrogen (secondary N) is 1. The van der Waals surface area contributed by atoms with Crippen LogP contribution in [0.25, 0.3) is 0 Å². The van der Waals surface area contributed by atoms with Crippen LogP contribution in [0.4, 0.5) is 26.3 Å². The second kappa shape index (κ2) is 6.42. The van der Waals surface area contributed by atoms with Crippen molar-refractivity contribution in [2.75, 3.05) is 6.54 Å². The second-order valence-electron chi connectivity index (χ2n) is 4.11. The van der Waals surface area contributed by atoms with Crippen molar-refractivity contribution in [3.05, 3.63) is 23.8 Å². The molecule has 120 valence electrons. The molecule has 1 aromatic carbocycles. The molecule has 0 saturated heterocycles. The zero-order valence-corrected chi connectivity index (χ0v) is 11.1. The first kappa shape index (κ1) is 17.4. The fourth-order valence-electron chi connectivity index (χ4n) is 1.65. The average Bonchev–Trinajstić information content (AvgIpc) is 2.23. The number of hydrogen-bond acceptors (Lipinski definition) is 3. The van der Waals surface area contributed by atoms with Crippen LogP contribution in [-0.2, 0) is 0 Å². The van der Waals surface area contributed by atoms with E-state index in [1.54, 1.807) is 13.8 Å². The number of ether oxygens (including phenoxy) is 2. The molecule has 0 radical (unpaired) electrons. The molecule has 0 aliphatic heterocycles. The van der Waals surface area contributed by atoms with E-state index in [0.29, 0.717) is 12.6 Å². The largest absolute Gasteiger partial charge is 0.573 e. The van der Waals surface area contributed by atoms with Gasteiger partial charge in [-0.15, -0.1) is 26.3 Å². The molecule has 0 fully saturated rings. The van der Waals surface area contributed by atoms with Gasteiger partial charge in [0.05, 0.1) is 0 Å². The van der Waals surface area contributed by atoms with Gasteiger partial charge in [-0.1, -0.05) is 6.92 Å². The van der Waals surface area contributed by atoms with Crippen molar-refractivity contribution in [2.24, 2.45) is 0 Å². The van der Waals surface area contributed by atoms with E-state index in [2.05, 4.69) is 14.8 Å². The van der Waals surface area contributed by atoms with Gasteiger partial charge >= 0.3 is 12.7 Å². The minimum absolute atomic E-state index is 0.179. The quantitative estimate of drug-likeness (QED) is 0.828. The first-order chi connectivity index (χ1) is 9.50. The number of rotatable bonds is 5. The van der Waals surface area contributed by atoms with Crippen molar-refractivity contribution in [2.45, 2.75) is 32.6 Å². The van der Waals surface area contributed by atoms with Crippen molar-refractivity contribution in [1.82, 2.24) is 5.32 Å². The van der Waals surface area contributed by atoms with Crippen molar-refractivity contribution in [3.8, 4) is 11.5 Å². The predicted octanol–water partition coefficient (Wildman–Crippen LogP) is 4.15. The molecule has 0 spiro atoms. The maximum Gasteiger partial charge on any atom is 0.573 e. The van der Waals surface area contributed by atoms with Crippen LogP contribution in [0.3, 0.4) is 0 Å². The smallest absolute Gasteiger partial charge is 0.406 e. The Morgan fingerprint density at radius 3 is 1.71 bits per heavy atom. The number of benzene rings is 1. The molecule has 1 rings (SSSR count). The molecule has 9 heteroatoms. The summed E-state index contributed by atoms with van der Waals surface area (Å²) in [5.74, 6) is -1.55. The zero-order chi connectivity index (χ0) is 16.3. The molecule has 0 bridgehead atoms. The summed E-state index contributed by atoms with van der Waals surface area (Å²) in [6, 6.07) is 2.07. The Balaban J connectivity index is 3.13. The number of alkyl halides is 6. The highest BCUT2D eigenvalue weighted by molar-refractivity contribution is 5.40. The molecular formula is C12H13F6NO2. The summed E-state index contributed by atoms with van der Waals surface area (Å²) >= 11 is 0. The standard InChI is InChI=1S/C12H13F6NO2/c1-3-19-7(2)8-4-9(20-11(13,14)15)6-10(5-8)21-12(16,17)18/h4-7,19H,3H2,1-2H3/t7-/m1/s1. The van der Waals surface area contributed by atoms with Crippen LogP contribution < -0.4 is 14.8 Å². The molecule has 1 atom stereocenters. The summed E-state index contributed by atoms with van der Waals surface area (Å²) in [5.41, 5.74) is 0.179. The Labute approximate surface area is 116 Å². The van der Waals surface area contributed by atoms with E-state index < -0.39 is 30.3 Å². The third-order valence-electron chi connectivity index (χ3n) is 2.38. The van der Waals surface area contributed by atoms with Gasteiger partial charge in [-0.3, -0.25) is 0 Å². The Hall–Kier alpha value is -1.64. The zero-order valence-electron chi connectivity index (χ0n) is 11.1. The van der Waals surface area contributed by atoms with Gasteiger partial charge in [-0.05, 0) is 31.2 Å². The summed E-state index contributed by atoms with van der Waals surface area (Å²) < 4.78 is 80.4. The summed E-state index contributed by atoms with van der Waals surface area (Å²) in [4.78, 5) is 0. The lowest BCUT2D eigenvalue weighted by Gasteiger charge is -2.18. The summed E-state index contributed by atoms with van der Waals surface area (Å²) in [7, 11) is 0. The molecule has 0 amide bonds. The summed E-state index contributed by atoms with van der Waals surface area (Å²) in [5, 5.41) is 2.87. The lowest BCUT2D eigenvalue weighted by Crippen LogP contribution is -2.21. The Kier molecular flexibility index (Phi) is 5.32. The molecule has 0 saturated carbocycles. The minimum atomic E-state index is -5.00. The van der Waals surface area contributed by atoms with Gasteiger partial charge in [0.25, 0.3) is 0 Å². The maximum atomic E-state index is 12.2. The van der Waals surface area contributed by atoms with Crippen LogP contribution in [-0.4, -0.2) is 19.3 Å². The van der Waals surface area contributed by atoms with E-state index in [9.17, 15) is 26.3 Å². The van der Waals surface area contributed by atoms with Gasteiger partial charge in [0.2, 0.25) is 0 Å². The van der Waals surface area contributed by atoms with Gasteiger partial charge in [0.1, 0.15) is 11.5 Å². The van der Waals surface area contributed by atoms with Crippen molar-refractivity contribution >= 4 is 0 Å². The highest BCUT2D eigenvalue weighted by atomic mass is 19.4. The van der Waals surface area contributed by atoms with Crippen LogP contribution in [0.2, 0.25) is 0 Å². The van der Waals surface area contributed by atoms with Crippen LogP contribution in [0, 0.1) is 0 Å². The van der Waals surface area contributed by atoms with E-state index >= 15 is 0 Å². The summed E-state index contributed by atoms with van der Waals surface area (Å²) in [6.07, 6.45) is -10.0. The normalized spacial score (nSPS) is 13.9. The van der Waals surface area contributed by atoms with Crippen LogP contribution in [0.5, 0.6) is 11.5 Å². The third-order valence-corrected chi connectivity index (χ3v) is 2.38. The first-order valence-electron chi connectivity index (χ1n) is 5.90. The second-order valence-corrected chi connectivity index (χ2v) is 4.11. The molecule has 0 aromatic heterocycles. The molecule has 0 unspecified atom stereocenters. The number of halogens is 6. The van der Waals surface area contributed by atoms with Crippen LogP contribution in [0.15, 0.2) is 18.2 Å². The van der Waals surface area contributed by atoms with E-state index in [4.69, 9.17) is 0 Å². The van der Waals surface area contributed by atoms with Gasteiger partial charge in [0.15, 0.2) is 0 Å². The Morgan fingerprint density at radius 2 is 1.38 bits per heavy atom. The molecule has 3 nitrogen and oxygen atoms in total. The Morgan fingerprint density at radius 1 is 0.952 bits per heavy atom. The maximum absolute atomic E-state index is 12.2. The molecular weight excluding hydrogens is 304 g/mol. The van der Waals surface area contributed by atoms with Crippen LogP contribution >= 0.6 is 0 Å². The topological polar surface area (TPSA) is 30.5 Å². The monoisotopic (exact) mass is 317 g/mol. The Bertz CT molecular complexity index is 438. The van der Waals surface area contributed by atoms with Gasteiger partial charge < -0.3 is 14.8 Å². The SMILES string of the molecule is CCN[C@H](C)c1cc(OC(F)(F)F)cc(OC(F)(F)F)c1. The van der Waals surface area contributed by atoms with Crippen molar-refractivity contribution < 1.29 is 35.8 Å². The van der Waals surface area contributed by atoms with Crippen LogP contribution in [0.1, 0.15) is 25.5 Å². The molecule has 1 N–H and O–H groups in total. The molecule has 1 aromatic rings. The number of hydrogen-bond donors (Lipinski definition) is 1. The molecule has 0 aliphatic carbocycles. The average molecular weight is 317 g/mol. The van der Waals surface area contributed by atoms with E-state index in [1.165, 1.54) is 0 Å². The van der Waals surface area contributed by atoms with Gasteiger partial charge in [-0.2, -0.15) is 0 Å². The lowest BCUT2D eigenvalue weighted by atomic mass is 10.1. The van der Waals surface area contributed by atoms with Crippen molar-refractivity contribution in [1.29, 1.82) is 0 Å². The highest BCUT2D eigenvalue weighted by Gasteiger charge is 2.34. The van der Waals surface area contributed by atoms with E-state index in [-0.39, 0.29) is 5.56 Å². The van der Waals surface area contributed by atoms with E-state index in [1.807, 2.05) is 0 Å². The van der Waals surface area contributed by atoms with Gasteiger partial charge in [0, 0.05) is 12.1 Å². The molecule has 21 heavy (non-hydrogen) atoms. The lowest BCUT2D eigenvalue weighted by molar-refractivity contribution is -0.276. The molecule has 0 heterocycles. The van der Waals surface area contributed by atoms with Gasteiger partial charge in [-0.25, -0.2) is 0 Å². The minimum Gasteiger partial charge on any atom is -0.406 e. The first-order valence-corrected chi connectivity index (χ1v) is 5.90. The fourth-order valence-corrected chi connectivity index (χ4v) is 1.65.